The molecule has 0 saturated carbocycles. The summed E-state index contributed by atoms with van der Waals surface area (Å²) in [5.74, 6) is 1.33. The molecule has 0 fully saturated rings. The molecule has 2 aromatic rings. The average Bonchev–Trinajstić information content (AvgIpc) is 2.59. The standard InChI is InChI=1S/C19H25ClN4O3/c1-12(2)9-19(3,21)11-27-16-6-5-13(7-15(16)20)14-8-17(24-22-10-14)23-18(25)26-4/h5-8,10,12H,9,11,21H2,1-4H3,(H,23,24,25). The fourth-order valence-electron chi connectivity index (χ4n) is 2.77. The van der Waals surface area contributed by atoms with Crippen molar-refractivity contribution in [3.8, 4) is 16.9 Å². The Morgan fingerprint density at radius 2 is 2.07 bits per heavy atom. The van der Waals surface area contributed by atoms with Crippen LogP contribution in [-0.2, 0) is 4.74 Å². The molecule has 7 nitrogen and oxygen atoms in total. The van der Waals surface area contributed by atoms with E-state index in [9.17, 15) is 4.79 Å². The lowest BCUT2D eigenvalue weighted by Gasteiger charge is -2.26. The van der Waals surface area contributed by atoms with Crippen LogP contribution in [-0.4, -0.2) is 35.5 Å². The third-order valence-electron chi connectivity index (χ3n) is 3.77. The van der Waals surface area contributed by atoms with E-state index in [1.165, 1.54) is 7.11 Å². The van der Waals surface area contributed by atoms with Crippen molar-refractivity contribution in [2.75, 3.05) is 19.0 Å². The Hall–Kier alpha value is -2.38. The van der Waals surface area contributed by atoms with Gasteiger partial charge in [0.15, 0.2) is 5.82 Å². The van der Waals surface area contributed by atoms with Crippen molar-refractivity contribution in [1.29, 1.82) is 0 Å². The molecule has 1 unspecified atom stereocenters. The summed E-state index contributed by atoms with van der Waals surface area (Å²) >= 11 is 6.37. The minimum Gasteiger partial charge on any atom is -0.490 e. The van der Waals surface area contributed by atoms with Crippen LogP contribution < -0.4 is 15.8 Å². The van der Waals surface area contributed by atoms with Gasteiger partial charge in [-0.15, -0.1) is 5.10 Å². The molecule has 1 aromatic heterocycles. The molecule has 3 N–H and O–H groups in total. The Morgan fingerprint density at radius 3 is 2.70 bits per heavy atom. The number of ether oxygens (including phenoxy) is 2. The average molecular weight is 393 g/mol. The second-order valence-electron chi connectivity index (χ2n) is 7.13. The summed E-state index contributed by atoms with van der Waals surface area (Å²) in [6, 6.07) is 7.09. The number of rotatable bonds is 7. The minimum atomic E-state index is -0.616. The zero-order valence-corrected chi connectivity index (χ0v) is 16.7. The molecule has 1 aromatic carbocycles. The van der Waals surface area contributed by atoms with Gasteiger partial charge in [-0.3, -0.25) is 5.32 Å². The fraction of sp³-hybridized carbons (Fsp3) is 0.421. The van der Waals surface area contributed by atoms with E-state index >= 15 is 0 Å². The summed E-state index contributed by atoms with van der Waals surface area (Å²) in [5, 5.41) is 10.7. The summed E-state index contributed by atoms with van der Waals surface area (Å²) in [5.41, 5.74) is 7.40. The van der Waals surface area contributed by atoms with E-state index in [4.69, 9.17) is 22.1 Å². The Kier molecular flexibility index (Phi) is 6.98. The first-order valence-electron chi connectivity index (χ1n) is 8.59. The topological polar surface area (TPSA) is 99.4 Å². The maximum atomic E-state index is 11.3. The second kappa shape index (κ2) is 9.01. The van der Waals surface area contributed by atoms with Crippen LogP contribution >= 0.6 is 11.6 Å². The number of nitrogens with one attached hydrogen (secondary N) is 1. The summed E-state index contributed by atoms with van der Waals surface area (Å²) in [6.45, 7) is 6.58. The van der Waals surface area contributed by atoms with Crippen LogP contribution in [0, 0.1) is 5.92 Å². The molecule has 0 aliphatic carbocycles. The predicted molar refractivity (Wildman–Crippen MR) is 106 cm³/mol. The number of benzene rings is 1. The molecule has 0 bridgehead atoms. The second-order valence-corrected chi connectivity index (χ2v) is 7.54. The number of carbonyl (C=O) groups is 1. The van der Waals surface area contributed by atoms with Crippen LogP contribution in [0.15, 0.2) is 30.5 Å². The lowest BCUT2D eigenvalue weighted by atomic mass is 9.93. The Morgan fingerprint density at radius 1 is 1.33 bits per heavy atom. The van der Waals surface area contributed by atoms with Crippen molar-refractivity contribution in [3.05, 3.63) is 35.5 Å². The van der Waals surface area contributed by atoms with E-state index in [-0.39, 0.29) is 5.82 Å². The van der Waals surface area contributed by atoms with Gasteiger partial charge in [-0.25, -0.2) is 4.79 Å². The molecule has 1 atom stereocenters. The number of aromatic nitrogens is 2. The molecule has 0 spiro atoms. The van der Waals surface area contributed by atoms with Crippen molar-refractivity contribution in [3.63, 3.8) is 0 Å². The van der Waals surface area contributed by atoms with Crippen LogP contribution in [0.25, 0.3) is 11.1 Å². The molecule has 1 heterocycles. The van der Waals surface area contributed by atoms with Gasteiger partial charge in [0.25, 0.3) is 0 Å². The minimum absolute atomic E-state index is 0.281. The number of hydrogen-bond donors (Lipinski definition) is 2. The third kappa shape index (κ3) is 6.37. The largest absolute Gasteiger partial charge is 0.490 e. The third-order valence-corrected chi connectivity index (χ3v) is 4.06. The van der Waals surface area contributed by atoms with Crippen LogP contribution in [0.4, 0.5) is 10.6 Å². The van der Waals surface area contributed by atoms with Crippen molar-refractivity contribution in [2.24, 2.45) is 11.7 Å². The first kappa shape index (κ1) is 20.9. The first-order chi connectivity index (χ1) is 12.7. The van der Waals surface area contributed by atoms with Crippen LogP contribution in [0.2, 0.25) is 5.02 Å². The molecule has 0 aliphatic rings. The Balaban J connectivity index is 2.12. The van der Waals surface area contributed by atoms with Gasteiger partial charge in [0, 0.05) is 11.1 Å². The van der Waals surface area contributed by atoms with Gasteiger partial charge in [-0.05, 0) is 43.0 Å². The van der Waals surface area contributed by atoms with Crippen molar-refractivity contribution in [1.82, 2.24) is 10.2 Å². The maximum absolute atomic E-state index is 11.3. The van der Waals surface area contributed by atoms with Crippen LogP contribution in [0.3, 0.4) is 0 Å². The van der Waals surface area contributed by atoms with Crippen molar-refractivity contribution >= 4 is 23.5 Å². The highest BCUT2D eigenvalue weighted by atomic mass is 35.5. The first-order valence-corrected chi connectivity index (χ1v) is 8.97. The summed E-state index contributed by atoms with van der Waals surface area (Å²) < 4.78 is 10.4. The number of nitrogens with zero attached hydrogens (tertiary/aromatic N) is 2. The number of amides is 1. The summed E-state index contributed by atoms with van der Waals surface area (Å²) in [4.78, 5) is 11.3. The van der Waals surface area contributed by atoms with Gasteiger partial charge in [0.05, 0.1) is 18.3 Å². The molecule has 2 rings (SSSR count). The van der Waals surface area contributed by atoms with Crippen molar-refractivity contribution < 1.29 is 14.3 Å². The quantitative estimate of drug-likeness (QED) is 0.735. The van der Waals surface area contributed by atoms with Gasteiger partial charge in [0.2, 0.25) is 0 Å². The van der Waals surface area contributed by atoms with Crippen LogP contribution in [0.1, 0.15) is 27.2 Å². The molecule has 0 radical (unpaired) electrons. The van der Waals surface area contributed by atoms with E-state index in [0.29, 0.717) is 23.3 Å². The zero-order valence-electron chi connectivity index (χ0n) is 16.0. The lowest BCUT2D eigenvalue weighted by Crippen LogP contribution is -2.43. The maximum Gasteiger partial charge on any atom is 0.412 e. The molecule has 27 heavy (non-hydrogen) atoms. The number of anilines is 1. The van der Waals surface area contributed by atoms with Gasteiger partial charge in [0.1, 0.15) is 12.4 Å². The number of hydrogen-bond acceptors (Lipinski definition) is 6. The van der Waals surface area contributed by atoms with E-state index in [0.717, 1.165) is 17.5 Å². The van der Waals surface area contributed by atoms with E-state index < -0.39 is 11.6 Å². The lowest BCUT2D eigenvalue weighted by molar-refractivity contribution is 0.187. The SMILES string of the molecule is COC(=O)Nc1cc(-c2ccc(OCC(C)(N)CC(C)C)c(Cl)c2)cnn1. The highest BCUT2D eigenvalue weighted by Crippen LogP contribution is 2.31. The normalized spacial score (nSPS) is 13.1. The Labute approximate surface area is 164 Å². The van der Waals surface area contributed by atoms with Crippen molar-refractivity contribution in [2.45, 2.75) is 32.7 Å². The predicted octanol–water partition coefficient (Wildman–Crippen LogP) is 4.12. The van der Waals surface area contributed by atoms with E-state index in [2.05, 4.69) is 34.1 Å². The summed E-state index contributed by atoms with van der Waals surface area (Å²) in [6.07, 6.45) is 1.81. The molecule has 1 amide bonds. The fourth-order valence-corrected chi connectivity index (χ4v) is 3.01. The number of nitrogens with two attached hydrogens (primary N) is 1. The molecule has 8 heteroatoms. The number of halogens is 1. The van der Waals surface area contributed by atoms with Crippen LogP contribution in [0.5, 0.6) is 5.75 Å². The number of carbonyl (C=O) groups excluding carboxylic acids is 1. The summed E-state index contributed by atoms with van der Waals surface area (Å²) in [7, 11) is 1.28. The van der Waals surface area contributed by atoms with Gasteiger partial charge < -0.3 is 15.2 Å². The highest BCUT2D eigenvalue weighted by Gasteiger charge is 2.21. The monoisotopic (exact) mass is 392 g/mol. The molecule has 0 aliphatic heterocycles. The molecule has 0 saturated heterocycles. The smallest absolute Gasteiger partial charge is 0.412 e. The zero-order chi connectivity index (χ0) is 20.0. The molecular formula is C19H25ClN4O3. The Bertz CT molecular complexity index is 796. The number of methoxy groups -OCH3 is 1. The van der Waals surface area contributed by atoms with Gasteiger partial charge in [-0.1, -0.05) is 31.5 Å². The molecule has 146 valence electrons. The van der Waals surface area contributed by atoms with E-state index in [1.807, 2.05) is 13.0 Å². The molecular weight excluding hydrogens is 368 g/mol. The van der Waals surface area contributed by atoms with Gasteiger partial charge in [-0.2, -0.15) is 5.10 Å². The van der Waals surface area contributed by atoms with Gasteiger partial charge >= 0.3 is 6.09 Å². The highest BCUT2D eigenvalue weighted by molar-refractivity contribution is 6.32. The van der Waals surface area contributed by atoms with E-state index in [1.54, 1.807) is 24.4 Å².